The van der Waals surface area contributed by atoms with E-state index in [4.69, 9.17) is 4.74 Å². The molecule has 0 bridgehead atoms. The van der Waals surface area contributed by atoms with Crippen LogP contribution in [0, 0.1) is 0 Å². The number of hydrogen-bond acceptors (Lipinski definition) is 8. The minimum atomic E-state index is -0.483. The normalized spacial score (nSPS) is 11.6. The summed E-state index contributed by atoms with van der Waals surface area (Å²) in [5.41, 5.74) is 6.73. The van der Waals surface area contributed by atoms with Crippen LogP contribution in [0.1, 0.15) is 64.5 Å². The molecule has 6 nitrogen and oxygen atoms in total. The molecule has 0 spiro atoms. The van der Waals surface area contributed by atoms with E-state index in [9.17, 15) is 14.4 Å². The van der Waals surface area contributed by atoms with E-state index in [-0.39, 0.29) is 34.9 Å². The van der Waals surface area contributed by atoms with Gasteiger partial charge in [-0.2, -0.15) is 0 Å². The van der Waals surface area contributed by atoms with Gasteiger partial charge in [0.1, 0.15) is 6.61 Å². The molecular formula is C46H36N2O4S2. The molecule has 0 heterocycles. The lowest BCUT2D eigenvalue weighted by Crippen LogP contribution is -2.25. The van der Waals surface area contributed by atoms with Gasteiger partial charge in [-0.15, -0.1) is 0 Å². The van der Waals surface area contributed by atoms with Gasteiger partial charge >= 0.3 is 5.97 Å². The lowest BCUT2D eigenvalue weighted by molar-refractivity contribution is 0.0468. The van der Waals surface area contributed by atoms with Gasteiger partial charge in [-0.25, -0.2) is 4.79 Å². The Balaban J connectivity index is 1.27. The number of nitrogens with one attached hydrogen (secondary N) is 2. The molecule has 2 N–H and O–H groups in total. The predicted molar refractivity (Wildman–Crippen MR) is 219 cm³/mol. The molecule has 0 radical (unpaired) electrons. The quantitative estimate of drug-likeness (QED) is 0.113. The van der Waals surface area contributed by atoms with E-state index in [1.54, 1.807) is 25.2 Å². The first-order chi connectivity index (χ1) is 26.4. The SMILES string of the molecule is C=CNc1ccc(Sc2ccccc2Cc2ccc(C=C)cc2)c2c1C(=O)c1c(Sc3ccccc3C(=O)OCc3ccccc3)ccc(NC)c1C2=O. The number of hydrogen-bond donors (Lipinski definition) is 2. The molecule has 1 aliphatic carbocycles. The van der Waals surface area contributed by atoms with E-state index in [0.717, 1.165) is 27.1 Å². The van der Waals surface area contributed by atoms with Gasteiger partial charge in [0.25, 0.3) is 0 Å². The van der Waals surface area contributed by atoms with Gasteiger partial charge in [-0.1, -0.05) is 128 Å². The zero-order valence-electron chi connectivity index (χ0n) is 29.6. The van der Waals surface area contributed by atoms with Crippen LogP contribution in [-0.2, 0) is 17.8 Å². The molecule has 6 aromatic carbocycles. The fourth-order valence-corrected chi connectivity index (χ4v) is 8.62. The predicted octanol–water partition coefficient (Wildman–Crippen LogP) is 11.0. The van der Waals surface area contributed by atoms with Crippen molar-refractivity contribution < 1.29 is 19.1 Å². The van der Waals surface area contributed by atoms with Crippen molar-refractivity contribution in [3.05, 3.63) is 197 Å². The summed E-state index contributed by atoms with van der Waals surface area (Å²) in [6.07, 6.45) is 4.02. The smallest absolute Gasteiger partial charge is 0.339 e. The molecular weight excluding hydrogens is 709 g/mol. The van der Waals surface area contributed by atoms with Gasteiger partial charge in [-0.05, 0) is 77.3 Å². The molecule has 0 aliphatic heterocycles. The Morgan fingerprint density at radius 1 is 0.630 bits per heavy atom. The van der Waals surface area contributed by atoms with E-state index in [0.29, 0.717) is 43.6 Å². The molecule has 0 saturated carbocycles. The monoisotopic (exact) mass is 744 g/mol. The van der Waals surface area contributed by atoms with E-state index in [1.807, 2.05) is 97.1 Å². The van der Waals surface area contributed by atoms with Gasteiger partial charge in [0.15, 0.2) is 11.6 Å². The maximum atomic E-state index is 14.9. The van der Waals surface area contributed by atoms with Crippen LogP contribution in [0.25, 0.3) is 6.08 Å². The Kier molecular flexibility index (Phi) is 10.9. The number of esters is 1. The summed E-state index contributed by atoms with van der Waals surface area (Å²) >= 11 is 2.73. The average Bonchev–Trinajstić information content (AvgIpc) is 3.21. The van der Waals surface area contributed by atoms with Gasteiger partial charge in [0.05, 0.1) is 22.4 Å². The first-order valence-corrected chi connectivity index (χ1v) is 19.0. The zero-order chi connectivity index (χ0) is 37.6. The molecule has 0 saturated heterocycles. The van der Waals surface area contributed by atoms with Crippen LogP contribution in [0.2, 0.25) is 0 Å². The molecule has 8 heteroatoms. The highest BCUT2D eigenvalue weighted by molar-refractivity contribution is 7.99. The van der Waals surface area contributed by atoms with Crippen LogP contribution in [0.5, 0.6) is 0 Å². The third kappa shape index (κ3) is 7.39. The van der Waals surface area contributed by atoms with E-state index < -0.39 is 5.97 Å². The van der Waals surface area contributed by atoms with Crippen molar-refractivity contribution >= 4 is 58.5 Å². The third-order valence-corrected chi connectivity index (χ3v) is 11.4. The third-order valence-electron chi connectivity index (χ3n) is 9.11. The zero-order valence-corrected chi connectivity index (χ0v) is 31.2. The van der Waals surface area contributed by atoms with Crippen LogP contribution >= 0.6 is 23.5 Å². The summed E-state index contributed by atoms with van der Waals surface area (Å²) in [4.78, 5) is 46.0. The number of anilines is 2. The Morgan fingerprint density at radius 3 is 1.89 bits per heavy atom. The second-order valence-electron chi connectivity index (χ2n) is 12.5. The van der Waals surface area contributed by atoms with Crippen LogP contribution in [0.3, 0.4) is 0 Å². The molecule has 0 atom stereocenters. The van der Waals surface area contributed by atoms with Crippen LogP contribution < -0.4 is 10.6 Å². The Morgan fingerprint density at radius 2 is 1.22 bits per heavy atom. The highest BCUT2D eigenvalue weighted by atomic mass is 32.2. The standard InChI is InChI=1S/C46H36N2O4S2/c1-4-29-19-21-30(22-20-29)27-32-15-9-11-17-36(32)53-38-26-24-35(48-5-2)41-43(38)44(49)40-34(47-3)23-25-39(42(40)45(41)50)54-37-18-12-10-16-33(37)46(51)52-28-31-13-7-6-8-14-31/h4-26,47-48H,1-2,27-28H2,3H3. The van der Waals surface area contributed by atoms with Crippen molar-refractivity contribution in [1.29, 1.82) is 0 Å². The van der Waals surface area contributed by atoms with Crippen molar-refractivity contribution in [3.63, 3.8) is 0 Å². The largest absolute Gasteiger partial charge is 0.457 e. The molecule has 54 heavy (non-hydrogen) atoms. The molecule has 0 unspecified atom stereocenters. The van der Waals surface area contributed by atoms with Gasteiger partial charge in [-0.3, -0.25) is 9.59 Å². The number of carbonyl (C=O) groups excluding carboxylic acids is 3. The molecule has 0 aromatic heterocycles. The number of ether oxygens (including phenoxy) is 1. The highest BCUT2D eigenvalue weighted by Gasteiger charge is 2.38. The van der Waals surface area contributed by atoms with Crippen molar-refractivity contribution in [3.8, 4) is 0 Å². The Hall–Kier alpha value is -6.09. The summed E-state index contributed by atoms with van der Waals surface area (Å²) in [7, 11) is 1.73. The lowest BCUT2D eigenvalue weighted by atomic mass is 9.82. The fourth-order valence-electron chi connectivity index (χ4n) is 6.45. The Labute approximate surface area is 323 Å². The maximum absolute atomic E-state index is 14.9. The second kappa shape index (κ2) is 16.3. The average molecular weight is 745 g/mol. The van der Waals surface area contributed by atoms with Gasteiger partial charge < -0.3 is 15.4 Å². The minimum absolute atomic E-state index is 0.126. The van der Waals surface area contributed by atoms with Crippen LogP contribution in [0.15, 0.2) is 166 Å². The first-order valence-electron chi connectivity index (χ1n) is 17.3. The molecule has 7 rings (SSSR count). The fraction of sp³-hybridized carbons (Fsp3) is 0.0652. The number of benzene rings is 6. The number of rotatable bonds is 13. The molecule has 0 amide bonds. The number of ketones is 2. The molecule has 0 fully saturated rings. The maximum Gasteiger partial charge on any atom is 0.339 e. The second-order valence-corrected chi connectivity index (χ2v) is 14.6. The van der Waals surface area contributed by atoms with E-state index in [2.05, 4.69) is 42.0 Å². The molecule has 1 aliphatic rings. The lowest BCUT2D eigenvalue weighted by Gasteiger charge is -2.26. The highest BCUT2D eigenvalue weighted by Crippen LogP contribution is 2.46. The first kappa shape index (κ1) is 36.3. The number of fused-ring (bicyclic) bond motifs is 2. The topological polar surface area (TPSA) is 84.5 Å². The van der Waals surface area contributed by atoms with Crippen molar-refractivity contribution in [2.24, 2.45) is 0 Å². The van der Waals surface area contributed by atoms with Crippen LogP contribution in [0.4, 0.5) is 11.4 Å². The van der Waals surface area contributed by atoms with Crippen molar-refractivity contribution in [2.75, 3.05) is 17.7 Å². The van der Waals surface area contributed by atoms with Crippen LogP contribution in [-0.4, -0.2) is 24.6 Å². The van der Waals surface area contributed by atoms with Gasteiger partial charge in [0, 0.05) is 43.4 Å². The summed E-state index contributed by atoms with van der Waals surface area (Å²) < 4.78 is 5.68. The summed E-state index contributed by atoms with van der Waals surface area (Å²) in [5, 5.41) is 6.24. The molecule has 266 valence electrons. The Bertz CT molecular complexity index is 2420. The van der Waals surface area contributed by atoms with Crippen molar-refractivity contribution in [1.82, 2.24) is 0 Å². The minimum Gasteiger partial charge on any atom is -0.457 e. The molecule has 6 aromatic rings. The van der Waals surface area contributed by atoms with Crippen molar-refractivity contribution in [2.45, 2.75) is 32.6 Å². The summed E-state index contributed by atoms with van der Waals surface area (Å²) in [6.45, 7) is 7.81. The number of carbonyl (C=O) groups is 3. The summed E-state index contributed by atoms with van der Waals surface area (Å²) in [5.74, 6) is -1.05. The van der Waals surface area contributed by atoms with E-state index >= 15 is 0 Å². The van der Waals surface area contributed by atoms with E-state index in [1.165, 1.54) is 29.7 Å². The summed E-state index contributed by atoms with van der Waals surface area (Å²) in [6, 6.07) is 40.3. The van der Waals surface area contributed by atoms with Gasteiger partial charge in [0.2, 0.25) is 0 Å².